The van der Waals surface area contributed by atoms with E-state index in [2.05, 4.69) is 15.0 Å². The van der Waals surface area contributed by atoms with E-state index >= 15 is 0 Å². The molecule has 0 N–H and O–H groups in total. The quantitative estimate of drug-likeness (QED) is 0.615. The Kier molecular flexibility index (Phi) is 4.18. The molecule has 0 unspecified atom stereocenters. The van der Waals surface area contributed by atoms with Gasteiger partial charge in [0.05, 0.1) is 5.75 Å². The number of aliphatic imine (C=N–C) groups is 2. The van der Waals surface area contributed by atoms with Gasteiger partial charge in [-0.3, -0.25) is 0 Å². The molecule has 0 spiro atoms. The van der Waals surface area contributed by atoms with Crippen molar-refractivity contribution in [2.45, 2.75) is 6.54 Å². The predicted octanol–water partition coefficient (Wildman–Crippen LogP) is 2.15. The molecular formula is C11H10ClN5S. The van der Waals surface area contributed by atoms with Gasteiger partial charge >= 0.3 is 0 Å². The number of pyridine rings is 1. The monoisotopic (exact) mass is 279 g/mol. The summed E-state index contributed by atoms with van der Waals surface area (Å²) in [5, 5.41) is 9.46. The maximum absolute atomic E-state index is 8.46. The van der Waals surface area contributed by atoms with Gasteiger partial charge in [0.1, 0.15) is 11.0 Å². The summed E-state index contributed by atoms with van der Waals surface area (Å²) in [4.78, 5) is 13.9. The second kappa shape index (κ2) is 5.85. The van der Waals surface area contributed by atoms with E-state index in [9.17, 15) is 0 Å². The van der Waals surface area contributed by atoms with Crippen LogP contribution in [0.25, 0.3) is 0 Å². The van der Waals surface area contributed by atoms with Crippen molar-refractivity contribution in [1.29, 1.82) is 5.26 Å². The fourth-order valence-electron chi connectivity index (χ4n) is 1.46. The van der Waals surface area contributed by atoms with Crippen LogP contribution in [0.4, 0.5) is 0 Å². The van der Waals surface area contributed by atoms with Crippen LogP contribution in [0.15, 0.2) is 28.3 Å². The smallest absolute Gasteiger partial charge is 0.208 e. The minimum Gasteiger partial charge on any atom is -0.358 e. The van der Waals surface area contributed by atoms with E-state index in [4.69, 9.17) is 16.9 Å². The molecule has 1 aromatic rings. The van der Waals surface area contributed by atoms with Crippen LogP contribution in [0.5, 0.6) is 0 Å². The molecule has 1 aliphatic rings. The van der Waals surface area contributed by atoms with E-state index in [1.54, 1.807) is 18.5 Å². The average molecular weight is 280 g/mol. The van der Waals surface area contributed by atoms with E-state index in [0.717, 1.165) is 17.2 Å². The van der Waals surface area contributed by atoms with Crippen LogP contribution in [0.1, 0.15) is 5.56 Å². The van der Waals surface area contributed by atoms with E-state index in [0.29, 0.717) is 16.9 Å². The molecule has 1 aliphatic heterocycles. The molecule has 0 saturated heterocycles. The van der Waals surface area contributed by atoms with E-state index in [1.807, 2.05) is 18.0 Å². The molecule has 0 fully saturated rings. The van der Waals surface area contributed by atoms with Crippen molar-refractivity contribution in [3.8, 4) is 6.19 Å². The first-order chi connectivity index (χ1) is 8.69. The predicted molar refractivity (Wildman–Crippen MR) is 73.7 cm³/mol. The zero-order valence-electron chi connectivity index (χ0n) is 9.67. The number of amidine groups is 2. The normalized spacial score (nSPS) is 16.5. The van der Waals surface area contributed by atoms with Gasteiger partial charge in [0, 0.05) is 19.8 Å². The lowest BCUT2D eigenvalue weighted by Crippen LogP contribution is -2.26. The Labute approximate surface area is 114 Å². The zero-order chi connectivity index (χ0) is 13.0. The molecule has 0 amide bonds. The molecule has 0 atom stereocenters. The number of hydrogen-bond donors (Lipinski definition) is 0. The minimum absolute atomic E-state index is 0.485. The zero-order valence-corrected chi connectivity index (χ0v) is 11.2. The fraction of sp³-hybridized carbons (Fsp3) is 0.273. The van der Waals surface area contributed by atoms with Gasteiger partial charge < -0.3 is 4.90 Å². The van der Waals surface area contributed by atoms with E-state index in [-0.39, 0.29) is 0 Å². The summed E-state index contributed by atoms with van der Waals surface area (Å²) < 4.78 is 0. The number of hydrogen-bond acceptors (Lipinski definition) is 5. The fourth-order valence-corrected chi connectivity index (χ4v) is 2.39. The van der Waals surface area contributed by atoms with Crippen LogP contribution in [-0.4, -0.2) is 33.7 Å². The van der Waals surface area contributed by atoms with Gasteiger partial charge in [-0.2, -0.15) is 5.26 Å². The minimum atomic E-state index is 0.485. The number of nitriles is 1. The second-order valence-corrected chi connectivity index (χ2v) is 4.99. The highest BCUT2D eigenvalue weighted by atomic mass is 35.5. The topological polar surface area (TPSA) is 64.6 Å². The van der Waals surface area contributed by atoms with Crippen LogP contribution in [0, 0.1) is 11.5 Å². The maximum Gasteiger partial charge on any atom is 0.208 e. The van der Waals surface area contributed by atoms with Crippen molar-refractivity contribution in [3.63, 3.8) is 0 Å². The summed E-state index contributed by atoms with van der Waals surface area (Å²) in [6, 6.07) is 3.69. The molecule has 18 heavy (non-hydrogen) atoms. The maximum atomic E-state index is 8.46. The molecule has 2 heterocycles. The summed E-state index contributed by atoms with van der Waals surface area (Å²) in [5.41, 5.74) is 1.06. The number of aromatic nitrogens is 1. The highest BCUT2D eigenvalue weighted by Crippen LogP contribution is 2.17. The Morgan fingerprint density at radius 1 is 1.61 bits per heavy atom. The van der Waals surface area contributed by atoms with Gasteiger partial charge in [-0.25, -0.2) is 9.98 Å². The Morgan fingerprint density at radius 2 is 2.44 bits per heavy atom. The number of nitrogens with zero attached hydrogens (tertiary/aromatic N) is 5. The third-order valence-electron chi connectivity index (χ3n) is 2.35. The van der Waals surface area contributed by atoms with Crippen LogP contribution in [0.2, 0.25) is 5.15 Å². The largest absolute Gasteiger partial charge is 0.358 e. The van der Waals surface area contributed by atoms with Crippen molar-refractivity contribution in [2.24, 2.45) is 9.98 Å². The number of thioether (sulfide) groups is 1. The highest BCUT2D eigenvalue weighted by Gasteiger charge is 2.17. The lowest BCUT2D eigenvalue weighted by Gasteiger charge is -2.17. The number of rotatable bonds is 2. The summed E-state index contributed by atoms with van der Waals surface area (Å²) in [5.74, 6) is 1.64. The van der Waals surface area contributed by atoms with Crippen molar-refractivity contribution in [3.05, 3.63) is 29.0 Å². The lowest BCUT2D eigenvalue weighted by molar-refractivity contribution is 0.499. The molecule has 0 aromatic carbocycles. The molecule has 5 nitrogen and oxygen atoms in total. The molecule has 92 valence electrons. The molecule has 0 radical (unpaired) electrons. The molecule has 0 saturated carbocycles. The summed E-state index contributed by atoms with van der Waals surface area (Å²) in [7, 11) is 1.95. The number of halogens is 1. The Balaban J connectivity index is 2.03. The summed E-state index contributed by atoms with van der Waals surface area (Å²) >= 11 is 7.19. The van der Waals surface area contributed by atoms with Crippen molar-refractivity contribution in [2.75, 3.05) is 12.8 Å². The molecule has 0 aliphatic carbocycles. The standard InChI is InChI=1S/C11H10ClN5S/c1-17(5-8-2-3-9(12)14-4-8)10-6-18-11(16-10)15-7-13/h2-4H,5-6H2,1H3/b15-11-. The van der Waals surface area contributed by atoms with Gasteiger partial charge in [-0.05, 0) is 11.6 Å². The van der Waals surface area contributed by atoms with E-state index < -0.39 is 0 Å². The lowest BCUT2D eigenvalue weighted by atomic mass is 10.3. The summed E-state index contributed by atoms with van der Waals surface area (Å²) in [6.07, 6.45) is 3.48. The van der Waals surface area contributed by atoms with E-state index in [1.165, 1.54) is 11.8 Å². The van der Waals surface area contributed by atoms with Crippen molar-refractivity contribution < 1.29 is 0 Å². The molecule has 1 aromatic heterocycles. The first kappa shape index (κ1) is 12.9. The Hall–Kier alpha value is -1.58. The van der Waals surface area contributed by atoms with Crippen LogP contribution < -0.4 is 0 Å². The molecule has 0 bridgehead atoms. The highest BCUT2D eigenvalue weighted by molar-refractivity contribution is 8.14. The first-order valence-electron chi connectivity index (χ1n) is 5.18. The second-order valence-electron chi connectivity index (χ2n) is 3.66. The van der Waals surface area contributed by atoms with Gasteiger partial charge in [-0.1, -0.05) is 29.4 Å². The van der Waals surface area contributed by atoms with Gasteiger partial charge in [-0.15, -0.1) is 4.99 Å². The van der Waals surface area contributed by atoms with Crippen LogP contribution in [0.3, 0.4) is 0 Å². The third-order valence-corrected chi connectivity index (χ3v) is 3.42. The molecular weight excluding hydrogens is 270 g/mol. The Morgan fingerprint density at radius 3 is 3.11 bits per heavy atom. The first-order valence-corrected chi connectivity index (χ1v) is 6.54. The van der Waals surface area contributed by atoms with Crippen LogP contribution >= 0.6 is 23.4 Å². The SMILES string of the molecule is CN(Cc1ccc(Cl)nc1)C1=N/C(=N/C#N)SC1. The summed E-state index contributed by atoms with van der Waals surface area (Å²) in [6.45, 7) is 0.698. The van der Waals surface area contributed by atoms with Crippen LogP contribution in [-0.2, 0) is 6.54 Å². The molecule has 7 heteroatoms. The Bertz CT molecular complexity index is 531. The van der Waals surface area contributed by atoms with Gasteiger partial charge in [0.25, 0.3) is 0 Å². The average Bonchev–Trinajstić information content (AvgIpc) is 2.81. The van der Waals surface area contributed by atoms with Gasteiger partial charge in [0.15, 0.2) is 0 Å². The van der Waals surface area contributed by atoms with Crippen molar-refractivity contribution in [1.82, 2.24) is 9.88 Å². The third kappa shape index (κ3) is 3.22. The van der Waals surface area contributed by atoms with Crippen molar-refractivity contribution >= 4 is 34.4 Å². The van der Waals surface area contributed by atoms with Gasteiger partial charge in [0.2, 0.25) is 11.4 Å². The molecule has 2 rings (SSSR count).